The third-order valence-electron chi connectivity index (χ3n) is 1.91. The van der Waals surface area contributed by atoms with Crippen LogP contribution < -0.4 is 5.73 Å². The molecule has 1 heterocycles. The molecular formula is C10H10N3. The highest BCUT2D eigenvalue weighted by molar-refractivity contribution is 5.57. The van der Waals surface area contributed by atoms with Gasteiger partial charge in [-0.1, -0.05) is 24.3 Å². The van der Waals surface area contributed by atoms with Crippen molar-refractivity contribution in [2.75, 3.05) is 0 Å². The topological polar surface area (TPSA) is 54.7 Å². The van der Waals surface area contributed by atoms with Gasteiger partial charge in [0, 0.05) is 12.1 Å². The van der Waals surface area contributed by atoms with Crippen LogP contribution in [0.2, 0.25) is 0 Å². The molecule has 0 unspecified atom stereocenters. The molecule has 0 bridgehead atoms. The van der Waals surface area contributed by atoms with Gasteiger partial charge in [-0.3, -0.25) is 0 Å². The average molecular weight is 172 g/mol. The van der Waals surface area contributed by atoms with E-state index in [1.807, 2.05) is 24.3 Å². The van der Waals surface area contributed by atoms with E-state index in [1.54, 1.807) is 6.33 Å². The lowest BCUT2D eigenvalue weighted by molar-refractivity contribution is 1.07. The molecule has 0 saturated heterocycles. The predicted molar refractivity (Wildman–Crippen MR) is 50.8 cm³/mol. The van der Waals surface area contributed by atoms with Crippen molar-refractivity contribution in [3.63, 3.8) is 0 Å². The first-order valence-electron chi connectivity index (χ1n) is 4.10. The van der Waals surface area contributed by atoms with E-state index in [-0.39, 0.29) is 0 Å². The van der Waals surface area contributed by atoms with Crippen molar-refractivity contribution in [2.45, 2.75) is 6.54 Å². The Bertz CT molecular complexity index is 362. The number of aromatic nitrogens is 2. The number of imidazole rings is 1. The number of aromatic amines is 1. The van der Waals surface area contributed by atoms with E-state index < -0.39 is 0 Å². The van der Waals surface area contributed by atoms with Gasteiger partial charge >= 0.3 is 0 Å². The maximum Gasteiger partial charge on any atom is 0.0977 e. The second-order valence-corrected chi connectivity index (χ2v) is 2.78. The van der Waals surface area contributed by atoms with Crippen LogP contribution in [0.1, 0.15) is 5.56 Å². The fourth-order valence-electron chi connectivity index (χ4n) is 1.18. The molecule has 2 rings (SSSR count). The van der Waals surface area contributed by atoms with E-state index >= 15 is 0 Å². The second kappa shape index (κ2) is 3.41. The third-order valence-corrected chi connectivity index (χ3v) is 1.91. The number of benzene rings is 1. The van der Waals surface area contributed by atoms with Crippen LogP contribution in [-0.2, 0) is 6.54 Å². The van der Waals surface area contributed by atoms with Crippen LogP contribution in [-0.4, -0.2) is 9.97 Å². The minimum Gasteiger partial charge on any atom is -0.343 e. The molecule has 13 heavy (non-hydrogen) atoms. The van der Waals surface area contributed by atoms with Gasteiger partial charge in [0.05, 0.1) is 18.2 Å². The Morgan fingerprint density at radius 1 is 1.31 bits per heavy atom. The van der Waals surface area contributed by atoms with E-state index in [0.717, 1.165) is 16.8 Å². The number of nitrogens with one attached hydrogen (secondary N) is 1. The Kier molecular flexibility index (Phi) is 2.10. The zero-order valence-corrected chi connectivity index (χ0v) is 7.12. The first-order chi connectivity index (χ1) is 6.40. The molecule has 0 atom stereocenters. The Morgan fingerprint density at radius 3 is 2.62 bits per heavy atom. The van der Waals surface area contributed by atoms with Gasteiger partial charge < -0.3 is 10.7 Å². The highest BCUT2D eigenvalue weighted by Gasteiger charge is 1.98. The predicted octanol–water partition coefficient (Wildman–Crippen LogP) is 1.34. The molecule has 0 aliphatic carbocycles. The lowest BCUT2D eigenvalue weighted by atomic mass is 10.1. The molecule has 3 nitrogen and oxygen atoms in total. The van der Waals surface area contributed by atoms with Gasteiger partial charge in [0.25, 0.3) is 0 Å². The van der Waals surface area contributed by atoms with Crippen LogP contribution in [0.15, 0.2) is 30.6 Å². The maximum atomic E-state index is 5.49. The molecule has 0 aliphatic heterocycles. The highest BCUT2D eigenvalue weighted by atomic mass is 14.9. The largest absolute Gasteiger partial charge is 0.343 e. The van der Waals surface area contributed by atoms with Crippen molar-refractivity contribution in [3.8, 4) is 11.3 Å². The molecular weight excluding hydrogens is 162 g/mol. The third kappa shape index (κ3) is 1.60. The molecule has 1 aromatic carbocycles. The van der Waals surface area contributed by atoms with Gasteiger partial charge in [0.2, 0.25) is 0 Å². The zero-order valence-electron chi connectivity index (χ0n) is 7.12. The summed E-state index contributed by atoms with van der Waals surface area (Å²) in [6.07, 6.45) is 4.54. The molecule has 0 amide bonds. The summed E-state index contributed by atoms with van der Waals surface area (Å²) in [5.74, 6) is 0. The summed E-state index contributed by atoms with van der Waals surface area (Å²) in [4.78, 5) is 6.90. The van der Waals surface area contributed by atoms with E-state index in [9.17, 15) is 0 Å². The fraction of sp³-hybridized carbons (Fsp3) is 0.100. The van der Waals surface area contributed by atoms with Crippen molar-refractivity contribution < 1.29 is 0 Å². The molecule has 1 aromatic heterocycles. The van der Waals surface area contributed by atoms with Crippen molar-refractivity contribution in [3.05, 3.63) is 42.4 Å². The van der Waals surface area contributed by atoms with E-state index in [2.05, 4.69) is 16.2 Å². The Balaban J connectivity index is 2.33. The van der Waals surface area contributed by atoms with Crippen LogP contribution in [0.5, 0.6) is 0 Å². The summed E-state index contributed by atoms with van der Waals surface area (Å²) < 4.78 is 0. The number of nitrogens with zero attached hydrogens (tertiary/aromatic N) is 1. The summed E-state index contributed by atoms with van der Waals surface area (Å²) in [6, 6.07) is 7.99. The van der Waals surface area contributed by atoms with Gasteiger partial charge in [0.15, 0.2) is 0 Å². The number of rotatable bonds is 2. The summed E-state index contributed by atoms with van der Waals surface area (Å²) in [7, 11) is 0. The van der Waals surface area contributed by atoms with Crippen LogP contribution >= 0.6 is 0 Å². The Labute approximate surface area is 76.6 Å². The molecule has 0 aliphatic rings. The van der Waals surface area contributed by atoms with E-state index in [1.165, 1.54) is 0 Å². The average Bonchev–Trinajstić information content (AvgIpc) is 2.71. The fourth-order valence-corrected chi connectivity index (χ4v) is 1.18. The van der Waals surface area contributed by atoms with Gasteiger partial charge in [-0.25, -0.2) is 4.98 Å². The zero-order chi connectivity index (χ0) is 9.10. The van der Waals surface area contributed by atoms with Gasteiger partial charge in [0.1, 0.15) is 0 Å². The molecule has 0 saturated carbocycles. The quantitative estimate of drug-likeness (QED) is 0.718. The van der Waals surface area contributed by atoms with Gasteiger partial charge in [-0.15, -0.1) is 0 Å². The molecule has 1 radical (unpaired) electrons. The minimum atomic E-state index is 0.574. The highest BCUT2D eigenvalue weighted by Crippen LogP contribution is 2.15. The van der Waals surface area contributed by atoms with Crippen molar-refractivity contribution >= 4 is 0 Å². The Morgan fingerprint density at radius 2 is 2.08 bits per heavy atom. The minimum absolute atomic E-state index is 0.574. The lowest BCUT2D eigenvalue weighted by Gasteiger charge is -1.98. The number of H-pyrrole nitrogens is 1. The maximum absolute atomic E-state index is 5.49. The van der Waals surface area contributed by atoms with Crippen LogP contribution in [0.25, 0.3) is 11.3 Å². The summed E-state index contributed by atoms with van der Waals surface area (Å²) in [5, 5.41) is 0. The van der Waals surface area contributed by atoms with Crippen molar-refractivity contribution in [2.24, 2.45) is 5.73 Å². The summed E-state index contributed by atoms with van der Waals surface area (Å²) >= 11 is 0. The van der Waals surface area contributed by atoms with Crippen LogP contribution in [0.4, 0.5) is 0 Å². The first kappa shape index (κ1) is 8.01. The van der Waals surface area contributed by atoms with Crippen LogP contribution in [0.3, 0.4) is 0 Å². The summed E-state index contributed by atoms with van der Waals surface area (Å²) in [5.41, 5.74) is 8.50. The Hall–Kier alpha value is -1.61. The molecule has 3 heteroatoms. The molecule has 3 N–H and O–H groups in total. The number of nitrogens with two attached hydrogens (primary N) is 1. The smallest absolute Gasteiger partial charge is 0.0977 e. The van der Waals surface area contributed by atoms with Gasteiger partial charge in [-0.05, 0) is 5.56 Å². The van der Waals surface area contributed by atoms with E-state index in [4.69, 9.17) is 5.73 Å². The normalized spacial score (nSPS) is 10.2. The molecule has 2 aromatic rings. The number of hydrogen-bond donors (Lipinski definition) is 2. The first-order valence-corrected chi connectivity index (χ1v) is 4.10. The lowest BCUT2D eigenvalue weighted by Crippen LogP contribution is -1.95. The van der Waals surface area contributed by atoms with Crippen molar-refractivity contribution in [1.29, 1.82) is 0 Å². The molecule has 0 fully saturated rings. The van der Waals surface area contributed by atoms with E-state index in [0.29, 0.717) is 6.54 Å². The summed E-state index contributed by atoms with van der Waals surface area (Å²) in [6.45, 7) is 0.574. The second-order valence-electron chi connectivity index (χ2n) is 2.78. The molecule has 0 spiro atoms. The SMILES string of the molecule is NCc1ccc(-c2[c][nH]cn2)cc1. The number of hydrogen-bond acceptors (Lipinski definition) is 2. The van der Waals surface area contributed by atoms with Crippen LogP contribution in [0, 0.1) is 6.20 Å². The van der Waals surface area contributed by atoms with Crippen molar-refractivity contribution in [1.82, 2.24) is 9.97 Å². The van der Waals surface area contributed by atoms with Gasteiger partial charge in [-0.2, -0.15) is 0 Å². The standard InChI is InChI=1S/C10H10N3/c11-5-8-1-3-9(4-2-8)10-6-12-7-13-10/h1-4,7H,5,11H2,(H,12,13). The molecule has 65 valence electrons. The monoisotopic (exact) mass is 172 g/mol.